The Balaban J connectivity index is 4.13. The summed E-state index contributed by atoms with van der Waals surface area (Å²) in [7, 11) is 0. The van der Waals surface area contributed by atoms with Gasteiger partial charge in [-0.2, -0.15) is 0 Å². The van der Waals surface area contributed by atoms with Gasteiger partial charge in [0, 0.05) is 5.71 Å². The minimum atomic E-state index is -0.0771. The predicted molar refractivity (Wildman–Crippen MR) is 42.7 cm³/mol. The molecule has 0 amide bonds. The highest BCUT2D eigenvalue weighted by atomic mass is 16.3. The van der Waals surface area contributed by atoms with Gasteiger partial charge in [0.25, 0.3) is 0 Å². The summed E-state index contributed by atoms with van der Waals surface area (Å²) in [4.78, 5) is 3.84. The van der Waals surface area contributed by atoms with Crippen molar-refractivity contribution in [3.05, 3.63) is 12.3 Å². The number of aliphatic imine (C=N–C) groups is 1. The first-order valence-electron chi connectivity index (χ1n) is 2.97. The molecule has 0 saturated carbocycles. The lowest BCUT2D eigenvalue weighted by Gasteiger charge is -1.96. The molecule has 0 aliphatic rings. The molecule has 0 spiro atoms. The topological polar surface area (TPSA) is 56.4 Å². The Labute approximate surface area is 60.6 Å². The van der Waals surface area contributed by atoms with Crippen LogP contribution in [-0.2, 0) is 0 Å². The molecule has 0 aromatic heterocycles. The van der Waals surface area contributed by atoms with Crippen molar-refractivity contribution in [3.63, 3.8) is 0 Å². The molecule has 10 heavy (non-hydrogen) atoms. The molecule has 0 saturated heterocycles. The summed E-state index contributed by atoms with van der Waals surface area (Å²) in [5.74, 6) is 0. The van der Waals surface area contributed by atoms with Crippen LogP contribution in [0, 0.1) is 5.41 Å². The maximum Gasteiger partial charge on any atom is 0.0811 e. The fourth-order valence-electron chi connectivity index (χ4n) is 0.350. The fourth-order valence-corrected chi connectivity index (χ4v) is 0.350. The largest absolute Gasteiger partial charge is 0.390 e. The van der Waals surface area contributed by atoms with Crippen LogP contribution in [0.5, 0.6) is 0 Å². The van der Waals surface area contributed by atoms with Crippen LogP contribution in [-0.4, -0.2) is 23.1 Å². The van der Waals surface area contributed by atoms with Crippen LogP contribution < -0.4 is 0 Å². The van der Waals surface area contributed by atoms with Gasteiger partial charge in [-0.05, 0) is 13.8 Å². The number of rotatable bonds is 3. The van der Waals surface area contributed by atoms with Crippen LogP contribution in [0.4, 0.5) is 0 Å². The van der Waals surface area contributed by atoms with Crippen LogP contribution in [0.3, 0.4) is 0 Å². The molecule has 0 aliphatic carbocycles. The molecule has 0 unspecified atom stereocenters. The van der Waals surface area contributed by atoms with Gasteiger partial charge >= 0.3 is 0 Å². The smallest absolute Gasteiger partial charge is 0.0811 e. The minimum absolute atomic E-state index is 0.0771. The number of hydrogen-bond donors (Lipinski definition) is 2. The van der Waals surface area contributed by atoms with Gasteiger partial charge in [0.1, 0.15) is 0 Å². The zero-order valence-corrected chi connectivity index (χ0v) is 6.31. The first-order chi connectivity index (χ1) is 4.57. The highest BCUT2D eigenvalue weighted by Gasteiger charge is 1.93. The van der Waals surface area contributed by atoms with Gasteiger partial charge in [0.15, 0.2) is 0 Å². The van der Waals surface area contributed by atoms with Crippen molar-refractivity contribution in [1.29, 1.82) is 5.41 Å². The van der Waals surface area contributed by atoms with Crippen LogP contribution in [0.1, 0.15) is 13.8 Å². The first-order valence-corrected chi connectivity index (χ1v) is 2.97. The average Bonchev–Trinajstić information content (AvgIpc) is 1.87. The van der Waals surface area contributed by atoms with Crippen LogP contribution in [0.2, 0.25) is 0 Å². The molecule has 0 aromatic carbocycles. The number of hydrogen-bond acceptors (Lipinski definition) is 3. The lowest BCUT2D eigenvalue weighted by atomic mass is 10.3. The number of aliphatic hydroxyl groups is 1. The predicted octanol–water partition coefficient (Wildman–Crippen LogP) is 0.993. The number of aliphatic hydroxyl groups excluding tert-OH is 1. The standard InChI is InChI=1S/C7H12N2O/c1-5(4-10)9-7(3)6(2)8/h8,10H,3-4H2,1-2H3. The maximum atomic E-state index is 8.52. The van der Waals surface area contributed by atoms with Gasteiger partial charge in [0.2, 0.25) is 0 Å². The lowest BCUT2D eigenvalue weighted by Crippen LogP contribution is -2.00. The third kappa shape index (κ3) is 3.14. The molecule has 2 N–H and O–H groups in total. The van der Waals surface area contributed by atoms with Crippen molar-refractivity contribution in [2.24, 2.45) is 4.99 Å². The van der Waals surface area contributed by atoms with Crippen molar-refractivity contribution >= 4 is 11.4 Å². The van der Waals surface area contributed by atoms with Crippen LogP contribution >= 0.6 is 0 Å². The Kier molecular flexibility index (Phi) is 3.57. The van der Waals surface area contributed by atoms with Gasteiger partial charge in [-0.25, -0.2) is 0 Å². The summed E-state index contributed by atoms with van der Waals surface area (Å²) < 4.78 is 0. The molecule has 0 bridgehead atoms. The molecule has 0 fully saturated rings. The van der Waals surface area contributed by atoms with E-state index in [0.717, 1.165) is 0 Å². The van der Waals surface area contributed by atoms with E-state index in [1.807, 2.05) is 0 Å². The van der Waals surface area contributed by atoms with E-state index in [4.69, 9.17) is 10.5 Å². The molecule has 56 valence electrons. The Morgan fingerprint density at radius 1 is 1.60 bits per heavy atom. The monoisotopic (exact) mass is 140 g/mol. The zero-order valence-electron chi connectivity index (χ0n) is 6.31. The Morgan fingerprint density at radius 2 is 2.10 bits per heavy atom. The van der Waals surface area contributed by atoms with Gasteiger partial charge in [0.05, 0.1) is 18.0 Å². The van der Waals surface area contributed by atoms with Crippen molar-refractivity contribution in [3.8, 4) is 0 Å². The van der Waals surface area contributed by atoms with E-state index in [0.29, 0.717) is 17.1 Å². The highest BCUT2D eigenvalue weighted by Crippen LogP contribution is 1.94. The van der Waals surface area contributed by atoms with E-state index >= 15 is 0 Å². The molecule has 0 atom stereocenters. The van der Waals surface area contributed by atoms with Gasteiger partial charge in [-0.1, -0.05) is 6.58 Å². The normalized spacial score (nSPS) is 11.3. The average molecular weight is 140 g/mol. The summed E-state index contributed by atoms with van der Waals surface area (Å²) in [6, 6.07) is 0. The molecule has 0 aliphatic heterocycles. The number of allylic oxidation sites excluding steroid dienone is 1. The first kappa shape index (κ1) is 9.04. The molecule has 0 radical (unpaired) electrons. The summed E-state index contributed by atoms with van der Waals surface area (Å²) in [6.45, 7) is 6.74. The lowest BCUT2D eigenvalue weighted by molar-refractivity contribution is 0.357. The Bertz CT molecular complexity index is 182. The molecule has 3 nitrogen and oxygen atoms in total. The van der Waals surface area contributed by atoms with E-state index in [-0.39, 0.29) is 6.61 Å². The van der Waals surface area contributed by atoms with Gasteiger partial charge in [-0.15, -0.1) is 0 Å². The number of nitrogens with one attached hydrogen (secondary N) is 1. The summed E-state index contributed by atoms with van der Waals surface area (Å²) >= 11 is 0. The molecular weight excluding hydrogens is 128 g/mol. The van der Waals surface area contributed by atoms with E-state index in [2.05, 4.69) is 11.6 Å². The van der Waals surface area contributed by atoms with Crippen LogP contribution in [0.15, 0.2) is 17.3 Å². The summed E-state index contributed by atoms with van der Waals surface area (Å²) in [5.41, 5.74) is 1.32. The van der Waals surface area contributed by atoms with E-state index in [9.17, 15) is 0 Å². The van der Waals surface area contributed by atoms with Crippen molar-refractivity contribution in [2.75, 3.05) is 6.61 Å². The molecular formula is C7H12N2O. The molecule has 0 heterocycles. The maximum absolute atomic E-state index is 8.52. The molecule has 0 aromatic rings. The highest BCUT2D eigenvalue weighted by molar-refractivity contribution is 5.98. The van der Waals surface area contributed by atoms with E-state index in [1.165, 1.54) is 0 Å². The quantitative estimate of drug-likeness (QED) is 0.564. The molecule has 0 rings (SSSR count). The van der Waals surface area contributed by atoms with Crippen LogP contribution in [0.25, 0.3) is 0 Å². The summed E-state index contributed by atoms with van der Waals surface area (Å²) in [6.07, 6.45) is 0. The minimum Gasteiger partial charge on any atom is -0.390 e. The zero-order chi connectivity index (χ0) is 8.15. The third-order valence-corrected chi connectivity index (χ3v) is 0.988. The second kappa shape index (κ2) is 3.95. The molecule has 3 heteroatoms. The third-order valence-electron chi connectivity index (χ3n) is 0.988. The second-order valence-corrected chi connectivity index (χ2v) is 2.08. The van der Waals surface area contributed by atoms with Crippen molar-refractivity contribution in [2.45, 2.75) is 13.8 Å². The van der Waals surface area contributed by atoms with Gasteiger partial charge < -0.3 is 10.5 Å². The van der Waals surface area contributed by atoms with E-state index < -0.39 is 0 Å². The SMILES string of the molecule is C=C(N=C(C)CO)C(C)=N. The van der Waals surface area contributed by atoms with Gasteiger partial charge in [-0.3, -0.25) is 4.99 Å². The van der Waals surface area contributed by atoms with Crippen molar-refractivity contribution in [1.82, 2.24) is 0 Å². The second-order valence-electron chi connectivity index (χ2n) is 2.08. The van der Waals surface area contributed by atoms with E-state index in [1.54, 1.807) is 13.8 Å². The number of nitrogens with zero attached hydrogens (tertiary/aromatic N) is 1. The fraction of sp³-hybridized carbons (Fsp3) is 0.429. The Hall–Kier alpha value is -0.960. The Morgan fingerprint density at radius 3 is 2.40 bits per heavy atom. The van der Waals surface area contributed by atoms with Crippen molar-refractivity contribution < 1.29 is 5.11 Å². The summed E-state index contributed by atoms with van der Waals surface area (Å²) in [5, 5.41) is 15.6.